The maximum absolute atomic E-state index is 6.15. The summed E-state index contributed by atoms with van der Waals surface area (Å²) in [5, 5.41) is 9.99. The summed E-state index contributed by atoms with van der Waals surface area (Å²) in [7, 11) is 2.15. The Morgan fingerprint density at radius 1 is 1.13 bits per heavy atom. The number of likely N-dealkylation sites (N-methyl/N-ethyl adjacent to an activating group) is 1. The normalized spacial score (nSPS) is 17.6. The minimum Gasteiger partial charge on any atom is -0.420 e. The molecular weight excluding hydrogens is 386 g/mol. The number of H-pyrrole nitrogens is 1. The second kappa shape index (κ2) is 7.93. The van der Waals surface area contributed by atoms with Crippen LogP contribution in [0.4, 0.5) is 0 Å². The molecule has 1 saturated heterocycles. The van der Waals surface area contributed by atoms with Gasteiger partial charge in [0.15, 0.2) is 0 Å². The van der Waals surface area contributed by atoms with Gasteiger partial charge in [-0.1, -0.05) is 13.8 Å². The molecule has 1 fully saturated rings. The van der Waals surface area contributed by atoms with Gasteiger partial charge in [-0.3, -0.25) is 4.98 Å². The van der Waals surface area contributed by atoms with Crippen LogP contribution >= 0.6 is 0 Å². The average Bonchev–Trinajstić information content (AvgIpc) is 3.38. The molecule has 4 heterocycles. The molecule has 5 rings (SSSR count). The summed E-state index contributed by atoms with van der Waals surface area (Å²) < 4.78 is 6.15. The fraction of sp³-hybridized carbons (Fsp3) is 0.400. The lowest BCUT2D eigenvalue weighted by atomic mass is 9.95. The molecule has 31 heavy (non-hydrogen) atoms. The van der Waals surface area contributed by atoms with Crippen molar-refractivity contribution in [3.63, 3.8) is 0 Å². The predicted molar refractivity (Wildman–Crippen MR) is 123 cm³/mol. The molecule has 0 amide bonds. The maximum Gasteiger partial charge on any atom is 0.247 e. The van der Waals surface area contributed by atoms with Crippen molar-refractivity contribution >= 4 is 10.9 Å². The van der Waals surface area contributed by atoms with Gasteiger partial charge in [-0.15, -0.1) is 10.2 Å². The van der Waals surface area contributed by atoms with E-state index in [1.807, 2.05) is 13.1 Å². The number of hydrogen-bond donors (Lipinski definition) is 1. The standard InChI is InChI=1S/C25H29N5O/c1-15(2)22-20-13-18(24-28-29-25(31-24)19-6-5-11-30(4)14-19)7-8-21(20)27-23(22)17-9-10-26-16(3)12-17/h7-10,12-13,15,19,27H,5-6,11,14H2,1-4H3. The Bertz CT molecular complexity index is 1220. The predicted octanol–water partition coefficient (Wildman–Crippen LogP) is 5.52. The number of nitrogens with one attached hydrogen (secondary N) is 1. The van der Waals surface area contributed by atoms with Crippen LogP contribution in [0.15, 0.2) is 40.9 Å². The number of aromatic amines is 1. The van der Waals surface area contributed by atoms with E-state index in [1.54, 1.807) is 0 Å². The van der Waals surface area contributed by atoms with Gasteiger partial charge in [-0.25, -0.2) is 0 Å². The van der Waals surface area contributed by atoms with E-state index in [4.69, 9.17) is 4.42 Å². The van der Waals surface area contributed by atoms with Crippen molar-refractivity contribution < 1.29 is 4.42 Å². The molecule has 6 nitrogen and oxygen atoms in total. The first kappa shape index (κ1) is 19.9. The second-order valence-electron chi connectivity index (χ2n) is 9.06. The average molecular weight is 416 g/mol. The molecule has 1 aliphatic heterocycles. The third-order valence-electron chi connectivity index (χ3n) is 6.26. The van der Waals surface area contributed by atoms with Gasteiger partial charge in [-0.05, 0) is 75.2 Å². The van der Waals surface area contributed by atoms with Crippen molar-refractivity contribution in [1.29, 1.82) is 0 Å². The van der Waals surface area contributed by atoms with E-state index in [0.717, 1.165) is 53.4 Å². The van der Waals surface area contributed by atoms with E-state index in [-0.39, 0.29) is 0 Å². The first-order valence-electron chi connectivity index (χ1n) is 11.1. The van der Waals surface area contributed by atoms with E-state index in [2.05, 4.69) is 76.3 Å². The number of fused-ring (bicyclic) bond motifs is 1. The smallest absolute Gasteiger partial charge is 0.247 e. The van der Waals surface area contributed by atoms with Gasteiger partial charge >= 0.3 is 0 Å². The maximum atomic E-state index is 6.15. The van der Waals surface area contributed by atoms with Crippen LogP contribution in [-0.4, -0.2) is 45.2 Å². The quantitative estimate of drug-likeness (QED) is 0.475. The highest BCUT2D eigenvalue weighted by Gasteiger charge is 2.25. The molecular formula is C25H29N5O. The number of pyridine rings is 1. The van der Waals surface area contributed by atoms with Crippen molar-refractivity contribution in [1.82, 2.24) is 25.1 Å². The first-order valence-corrected chi connectivity index (χ1v) is 11.1. The van der Waals surface area contributed by atoms with Gasteiger partial charge in [0.2, 0.25) is 11.8 Å². The van der Waals surface area contributed by atoms with Crippen LogP contribution in [0.1, 0.15) is 55.7 Å². The van der Waals surface area contributed by atoms with E-state index < -0.39 is 0 Å². The highest BCUT2D eigenvalue weighted by atomic mass is 16.4. The summed E-state index contributed by atoms with van der Waals surface area (Å²) in [6.07, 6.45) is 4.15. The minimum absolute atomic E-state index is 0.323. The van der Waals surface area contributed by atoms with Crippen LogP contribution in [-0.2, 0) is 0 Å². The Labute approximate surface area is 182 Å². The van der Waals surface area contributed by atoms with Crippen molar-refractivity contribution in [2.75, 3.05) is 20.1 Å². The number of piperidine rings is 1. The molecule has 3 aromatic heterocycles. The zero-order valence-electron chi connectivity index (χ0n) is 18.6. The molecule has 4 aromatic rings. The van der Waals surface area contributed by atoms with E-state index in [9.17, 15) is 0 Å². The number of benzene rings is 1. The summed E-state index contributed by atoms with van der Waals surface area (Å²) in [6.45, 7) is 8.61. The van der Waals surface area contributed by atoms with Crippen LogP contribution in [0.2, 0.25) is 0 Å². The molecule has 1 atom stereocenters. The minimum atomic E-state index is 0.323. The summed E-state index contributed by atoms with van der Waals surface area (Å²) in [6, 6.07) is 10.6. The molecule has 0 saturated carbocycles. The lowest BCUT2D eigenvalue weighted by Gasteiger charge is -2.27. The highest BCUT2D eigenvalue weighted by molar-refractivity contribution is 5.93. The Hall–Kier alpha value is -2.99. The summed E-state index contributed by atoms with van der Waals surface area (Å²) >= 11 is 0. The number of aryl methyl sites for hydroxylation is 1. The van der Waals surface area contributed by atoms with Gasteiger partial charge in [0.1, 0.15) is 0 Å². The second-order valence-corrected chi connectivity index (χ2v) is 9.06. The SMILES string of the molecule is Cc1cc(-c2[nH]c3ccc(-c4nnc(C5CCCN(C)C5)o4)cc3c2C(C)C)ccn1. The zero-order valence-corrected chi connectivity index (χ0v) is 18.6. The van der Waals surface area contributed by atoms with Crippen LogP contribution in [0, 0.1) is 6.92 Å². The number of nitrogens with zero attached hydrogens (tertiary/aromatic N) is 4. The summed E-state index contributed by atoms with van der Waals surface area (Å²) in [5.41, 5.74) is 6.72. The Morgan fingerprint density at radius 2 is 2.00 bits per heavy atom. The Kier molecular flexibility index (Phi) is 5.10. The fourth-order valence-corrected chi connectivity index (χ4v) is 4.76. The Balaban J connectivity index is 1.55. The molecule has 6 heteroatoms. The van der Waals surface area contributed by atoms with E-state index >= 15 is 0 Å². The number of hydrogen-bond acceptors (Lipinski definition) is 5. The zero-order chi connectivity index (χ0) is 21.5. The third-order valence-corrected chi connectivity index (χ3v) is 6.26. The van der Waals surface area contributed by atoms with Gasteiger partial charge in [0, 0.05) is 40.5 Å². The van der Waals surface area contributed by atoms with E-state index in [0.29, 0.717) is 17.7 Å². The lowest BCUT2D eigenvalue weighted by molar-refractivity contribution is 0.231. The number of aromatic nitrogens is 4. The van der Waals surface area contributed by atoms with Crippen molar-refractivity contribution in [2.24, 2.45) is 0 Å². The molecule has 0 aliphatic carbocycles. The van der Waals surface area contributed by atoms with Gasteiger partial charge in [0.05, 0.1) is 11.6 Å². The van der Waals surface area contributed by atoms with Crippen molar-refractivity contribution in [2.45, 2.75) is 45.4 Å². The molecule has 1 aromatic carbocycles. The highest BCUT2D eigenvalue weighted by Crippen LogP contribution is 2.37. The Morgan fingerprint density at radius 3 is 2.77 bits per heavy atom. The molecule has 0 radical (unpaired) electrons. The van der Waals surface area contributed by atoms with Crippen molar-refractivity contribution in [3.8, 4) is 22.7 Å². The fourth-order valence-electron chi connectivity index (χ4n) is 4.76. The molecule has 0 bridgehead atoms. The lowest BCUT2D eigenvalue weighted by Crippen LogP contribution is -2.30. The molecule has 1 N–H and O–H groups in total. The van der Waals surface area contributed by atoms with Gasteiger partial charge in [-0.2, -0.15) is 0 Å². The van der Waals surface area contributed by atoms with Crippen molar-refractivity contribution in [3.05, 3.63) is 53.7 Å². The van der Waals surface area contributed by atoms with Gasteiger partial charge < -0.3 is 14.3 Å². The molecule has 160 valence electrons. The number of likely N-dealkylation sites (tertiary alicyclic amines) is 1. The monoisotopic (exact) mass is 415 g/mol. The molecule has 0 spiro atoms. The van der Waals surface area contributed by atoms with Crippen LogP contribution < -0.4 is 0 Å². The number of rotatable bonds is 4. The summed E-state index contributed by atoms with van der Waals surface area (Å²) in [5.74, 6) is 2.04. The summed E-state index contributed by atoms with van der Waals surface area (Å²) in [4.78, 5) is 10.3. The van der Waals surface area contributed by atoms with Crippen LogP contribution in [0.25, 0.3) is 33.6 Å². The molecule has 1 unspecified atom stereocenters. The van der Waals surface area contributed by atoms with Crippen LogP contribution in [0.5, 0.6) is 0 Å². The third kappa shape index (κ3) is 3.76. The topological polar surface area (TPSA) is 70.8 Å². The first-order chi connectivity index (χ1) is 15.0. The molecule has 1 aliphatic rings. The van der Waals surface area contributed by atoms with E-state index in [1.165, 1.54) is 17.4 Å². The largest absolute Gasteiger partial charge is 0.420 e. The van der Waals surface area contributed by atoms with Gasteiger partial charge in [0.25, 0.3) is 0 Å². The van der Waals surface area contributed by atoms with Crippen LogP contribution in [0.3, 0.4) is 0 Å².